The Labute approximate surface area is 146 Å². The van der Waals surface area contributed by atoms with Crippen LogP contribution >= 0.6 is 0 Å². The first-order valence-corrected chi connectivity index (χ1v) is 8.24. The number of nitrogens with zero attached hydrogens (tertiary/aromatic N) is 1. The summed E-state index contributed by atoms with van der Waals surface area (Å²) in [7, 11) is 0. The molecule has 0 bridgehead atoms. The van der Waals surface area contributed by atoms with Crippen LogP contribution in [0.5, 0.6) is 0 Å². The van der Waals surface area contributed by atoms with Crippen molar-refractivity contribution in [2.45, 2.75) is 25.7 Å². The number of carbonyl (C=O) groups is 2. The summed E-state index contributed by atoms with van der Waals surface area (Å²) < 4.78 is 5.09. The Hall–Kier alpha value is -3.13. The lowest BCUT2D eigenvalue weighted by atomic mass is 9.90. The van der Waals surface area contributed by atoms with Crippen molar-refractivity contribution in [3.8, 4) is 6.07 Å². The third kappa shape index (κ3) is 4.24. The van der Waals surface area contributed by atoms with Crippen LogP contribution in [0.3, 0.4) is 0 Å². The molecule has 5 nitrogen and oxygen atoms in total. The van der Waals surface area contributed by atoms with E-state index in [1.807, 2.05) is 18.2 Å². The van der Waals surface area contributed by atoms with Crippen LogP contribution < -0.4 is 5.32 Å². The van der Waals surface area contributed by atoms with Crippen LogP contribution in [0.2, 0.25) is 0 Å². The lowest BCUT2D eigenvalue weighted by molar-refractivity contribution is -0.119. The number of carbonyl (C=O) groups excluding carboxylic acids is 2. The Morgan fingerprint density at radius 2 is 1.76 bits per heavy atom. The van der Waals surface area contributed by atoms with E-state index in [0.717, 1.165) is 19.3 Å². The Morgan fingerprint density at radius 1 is 1.04 bits per heavy atom. The second kappa shape index (κ2) is 7.63. The van der Waals surface area contributed by atoms with Gasteiger partial charge in [-0.15, -0.1) is 0 Å². The first kappa shape index (κ1) is 16.7. The van der Waals surface area contributed by atoms with Crippen LogP contribution in [-0.4, -0.2) is 18.5 Å². The zero-order valence-corrected chi connectivity index (χ0v) is 13.7. The SMILES string of the molecule is N#Cc1ccc(NC(=O)COC(=O)c2ccc3c(c2)CCCC3)cc1. The number of benzene rings is 2. The van der Waals surface area contributed by atoms with Crippen molar-refractivity contribution in [2.75, 3.05) is 11.9 Å². The molecule has 0 aliphatic heterocycles. The highest BCUT2D eigenvalue weighted by Gasteiger charge is 2.15. The van der Waals surface area contributed by atoms with Crippen LogP contribution in [0.4, 0.5) is 5.69 Å². The average molecular weight is 334 g/mol. The van der Waals surface area contributed by atoms with Gasteiger partial charge in [0, 0.05) is 5.69 Å². The van der Waals surface area contributed by atoms with Crippen molar-refractivity contribution >= 4 is 17.6 Å². The minimum Gasteiger partial charge on any atom is -0.452 e. The standard InChI is InChI=1S/C20H18N2O3/c21-12-14-5-9-18(10-6-14)22-19(23)13-25-20(24)17-8-7-15-3-1-2-4-16(15)11-17/h5-11H,1-4,13H2,(H,22,23). The third-order valence-electron chi connectivity index (χ3n) is 4.22. The second-order valence-corrected chi connectivity index (χ2v) is 6.00. The first-order chi connectivity index (χ1) is 12.2. The number of fused-ring (bicyclic) bond motifs is 1. The molecule has 0 spiro atoms. The van der Waals surface area contributed by atoms with E-state index in [4.69, 9.17) is 10.00 Å². The van der Waals surface area contributed by atoms with Gasteiger partial charge in [-0.05, 0) is 73.2 Å². The molecule has 25 heavy (non-hydrogen) atoms. The summed E-state index contributed by atoms with van der Waals surface area (Å²) in [4.78, 5) is 24.0. The minimum atomic E-state index is -0.497. The van der Waals surface area contributed by atoms with Gasteiger partial charge in [-0.1, -0.05) is 6.07 Å². The number of nitrogens with one attached hydrogen (secondary N) is 1. The lowest BCUT2D eigenvalue weighted by Crippen LogP contribution is -2.21. The fourth-order valence-corrected chi connectivity index (χ4v) is 2.90. The molecular weight excluding hydrogens is 316 g/mol. The molecule has 0 heterocycles. The summed E-state index contributed by atoms with van der Waals surface area (Å²) in [6.07, 6.45) is 4.36. The second-order valence-electron chi connectivity index (χ2n) is 6.00. The number of hydrogen-bond acceptors (Lipinski definition) is 4. The molecule has 1 aliphatic rings. The Morgan fingerprint density at radius 3 is 2.48 bits per heavy atom. The number of aryl methyl sites for hydroxylation is 2. The van der Waals surface area contributed by atoms with Crippen molar-refractivity contribution in [3.05, 3.63) is 64.7 Å². The van der Waals surface area contributed by atoms with Crippen molar-refractivity contribution in [3.63, 3.8) is 0 Å². The van der Waals surface area contributed by atoms with Gasteiger partial charge >= 0.3 is 5.97 Å². The molecule has 3 rings (SSSR count). The molecule has 0 saturated heterocycles. The van der Waals surface area contributed by atoms with Crippen molar-refractivity contribution in [2.24, 2.45) is 0 Å². The van der Waals surface area contributed by atoms with E-state index in [-0.39, 0.29) is 6.61 Å². The van der Waals surface area contributed by atoms with Gasteiger partial charge in [0.15, 0.2) is 6.61 Å². The third-order valence-corrected chi connectivity index (χ3v) is 4.22. The van der Waals surface area contributed by atoms with Gasteiger partial charge in [0.05, 0.1) is 17.2 Å². The first-order valence-electron chi connectivity index (χ1n) is 8.24. The number of amides is 1. The smallest absolute Gasteiger partial charge is 0.338 e. The summed E-state index contributed by atoms with van der Waals surface area (Å²) in [6, 6.07) is 14.1. The predicted molar refractivity (Wildman–Crippen MR) is 93.2 cm³/mol. The molecule has 0 fully saturated rings. The van der Waals surface area contributed by atoms with E-state index >= 15 is 0 Å². The summed E-state index contributed by atoms with van der Waals surface area (Å²) in [5.74, 6) is -0.917. The summed E-state index contributed by atoms with van der Waals surface area (Å²) in [6.45, 7) is -0.351. The average Bonchev–Trinajstić information content (AvgIpc) is 2.66. The molecule has 2 aromatic rings. The molecule has 0 atom stereocenters. The van der Waals surface area contributed by atoms with Crippen LogP contribution in [-0.2, 0) is 22.4 Å². The molecule has 0 unspecified atom stereocenters. The largest absolute Gasteiger partial charge is 0.452 e. The van der Waals surface area contributed by atoms with Gasteiger partial charge < -0.3 is 10.1 Å². The molecule has 2 aromatic carbocycles. The number of hydrogen-bond donors (Lipinski definition) is 1. The van der Waals surface area contributed by atoms with Crippen LogP contribution in [0.25, 0.3) is 0 Å². The quantitative estimate of drug-likeness (QED) is 0.871. The molecule has 0 aromatic heterocycles. The predicted octanol–water partition coefficient (Wildman–Crippen LogP) is 3.23. The fourth-order valence-electron chi connectivity index (χ4n) is 2.90. The minimum absolute atomic E-state index is 0.351. The van der Waals surface area contributed by atoms with Crippen LogP contribution in [0.1, 0.15) is 39.9 Å². The van der Waals surface area contributed by atoms with E-state index < -0.39 is 11.9 Å². The van der Waals surface area contributed by atoms with E-state index in [1.54, 1.807) is 30.3 Å². The number of nitriles is 1. The van der Waals surface area contributed by atoms with Gasteiger partial charge in [0.25, 0.3) is 5.91 Å². The number of rotatable bonds is 4. The van der Waals surface area contributed by atoms with Gasteiger partial charge in [-0.25, -0.2) is 4.79 Å². The number of esters is 1. The van der Waals surface area contributed by atoms with Gasteiger partial charge in [0.1, 0.15) is 0 Å². The molecular formula is C20H18N2O3. The molecule has 1 amide bonds. The maximum atomic E-state index is 12.1. The van der Waals surface area contributed by atoms with Gasteiger partial charge in [-0.2, -0.15) is 5.26 Å². The maximum Gasteiger partial charge on any atom is 0.338 e. The molecule has 5 heteroatoms. The van der Waals surface area contributed by atoms with E-state index in [0.29, 0.717) is 16.8 Å². The normalized spacial score (nSPS) is 12.6. The molecule has 0 saturated carbocycles. The molecule has 1 N–H and O–H groups in total. The zero-order valence-electron chi connectivity index (χ0n) is 13.7. The monoisotopic (exact) mass is 334 g/mol. The fraction of sp³-hybridized carbons (Fsp3) is 0.250. The van der Waals surface area contributed by atoms with Gasteiger partial charge in [0.2, 0.25) is 0 Å². The summed E-state index contributed by atoms with van der Waals surface area (Å²) in [5.41, 5.74) is 4.03. The highest BCUT2D eigenvalue weighted by Crippen LogP contribution is 2.22. The highest BCUT2D eigenvalue weighted by atomic mass is 16.5. The molecule has 126 valence electrons. The highest BCUT2D eigenvalue weighted by molar-refractivity contribution is 5.95. The van der Waals surface area contributed by atoms with Gasteiger partial charge in [-0.3, -0.25) is 4.79 Å². The van der Waals surface area contributed by atoms with Crippen LogP contribution in [0, 0.1) is 11.3 Å². The van der Waals surface area contributed by atoms with Crippen molar-refractivity contribution < 1.29 is 14.3 Å². The number of ether oxygens (including phenoxy) is 1. The molecule has 0 radical (unpaired) electrons. The maximum absolute atomic E-state index is 12.1. The van der Waals surface area contributed by atoms with E-state index in [9.17, 15) is 9.59 Å². The number of anilines is 1. The van der Waals surface area contributed by atoms with E-state index in [2.05, 4.69) is 5.32 Å². The Kier molecular flexibility index (Phi) is 5.10. The van der Waals surface area contributed by atoms with Crippen molar-refractivity contribution in [1.29, 1.82) is 5.26 Å². The zero-order chi connectivity index (χ0) is 17.6. The van der Waals surface area contributed by atoms with Crippen LogP contribution in [0.15, 0.2) is 42.5 Å². The molecule has 1 aliphatic carbocycles. The van der Waals surface area contributed by atoms with Crippen molar-refractivity contribution in [1.82, 2.24) is 0 Å². The summed E-state index contributed by atoms with van der Waals surface area (Å²) in [5, 5.41) is 11.4. The van der Waals surface area contributed by atoms with E-state index in [1.165, 1.54) is 17.5 Å². The lowest BCUT2D eigenvalue weighted by Gasteiger charge is -2.16. The Balaban J connectivity index is 1.54. The topological polar surface area (TPSA) is 79.2 Å². The summed E-state index contributed by atoms with van der Waals surface area (Å²) >= 11 is 0. The Bertz CT molecular complexity index is 835.